The topological polar surface area (TPSA) is 16.1 Å². The van der Waals surface area contributed by atoms with Crippen molar-refractivity contribution in [3.8, 4) is 0 Å². The van der Waals surface area contributed by atoms with Crippen molar-refractivity contribution >= 4 is 46.0 Å². The molecule has 0 N–H and O–H groups in total. The van der Waals surface area contributed by atoms with E-state index in [2.05, 4.69) is 4.98 Å². The Kier molecular flexibility index (Phi) is 2.27. The molecule has 2 nitrogen and oxygen atoms in total. The van der Waals surface area contributed by atoms with E-state index in [-0.39, 0.29) is 0 Å². The number of rotatable bonds is 0. The van der Waals surface area contributed by atoms with Gasteiger partial charge in [0.05, 0.1) is 22.8 Å². The molecule has 16 heavy (non-hydrogen) atoms. The highest BCUT2D eigenvalue weighted by Gasteiger charge is 2.15. The maximum absolute atomic E-state index is 6.13. The van der Waals surface area contributed by atoms with Gasteiger partial charge in [0.15, 0.2) is 0 Å². The molecule has 1 aromatic carbocycles. The van der Waals surface area contributed by atoms with Gasteiger partial charge >= 0.3 is 0 Å². The second-order valence-electron chi connectivity index (χ2n) is 3.63. The summed E-state index contributed by atoms with van der Waals surface area (Å²) >= 11 is 12.2. The standard InChI is InChI=1S/C12H8Cl2N2/c13-10-5-6-15-12-8(10)3-4-11-9(12)2-1-7-16(11)14/h1-6H,7H2. The minimum atomic E-state index is 0.709. The minimum absolute atomic E-state index is 0.709. The third kappa shape index (κ3) is 1.38. The highest BCUT2D eigenvalue weighted by molar-refractivity contribution is 6.35. The molecular formula is C12H8Cl2N2. The summed E-state index contributed by atoms with van der Waals surface area (Å²) in [6.07, 6.45) is 5.77. The van der Waals surface area contributed by atoms with Crippen LogP contribution in [0.4, 0.5) is 5.69 Å². The van der Waals surface area contributed by atoms with E-state index in [0.717, 1.165) is 22.2 Å². The van der Waals surface area contributed by atoms with E-state index < -0.39 is 0 Å². The third-order valence-corrected chi connectivity index (χ3v) is 3.34. The summed E-state index contributed by atoms with van der Waals surface area (Å²) in [6, 6.07) is 5.72. The zero-order chi connectivity index (χ0) is 11.1. The molecule has 0 saturated carbocycles. The molecule has 0 spiro atoms. The van der Waals surface area contributed by atoms with Gasteiger partial charge in [-0.05, 0) is 18.2 Å². The number of anilines is 1. The van der Waals surface area contributed by atoms with Crippen LogP contribution >= 0.6 is 23.4 Å². The average Bonchev–Trinajstić information content (AvgIpc) is 2.30. The summed E-state index contributed by atoms with van der Waals surface area (Å²) in [6.45, 7) is 0.709. The van der Waals surface area contributed by atoms with Crippen LogP contribution in [0.3, 0.4) is 0 Å². The molecule has 0 amide bonds. The van der Waals surface area contributed by atoms with Crippen LogP contribution in [0.15, 0.2) is 30.5 Å². The van der Waals surface area contributed by atoms with Crippen molar-refractivity contribution < 1.29 is 0 Å². The normalized spacial score (nSPS) is 14.2. The van der Waals surface area contributed by atoms with Crippen LogP contribution in [0.1, 0.15) is 5.56 Å². The first-order valence-electron chi connectivity index (χ1n) is 4.94. The number of aromatic nitrogens is 1. The quantitative estimate of drug-likeness (QED) is 0.660. The number of benzene rings is 1. The van der Waals surface area contributed by atoms with Gasteiger partial charge in [-0.25, -0.2) is 0 Å². The Bertz CT molecular complexity index is 593. The van der Waals surface area contributed by atoms with E-state index in [1.807, 2.05) is 24.3 Å². The second kappa shape index (κ2) is 3.65. The lowest BCUT2D eigenvalue weighted by molar-refractivity contribution is 1.18. The van der Waals surface area contributed by atoms with Gasteiger partial charge in [0.1, 0.15) is 0 Å². The van der Waals surface area contributed by atoms with Crippen LogP contribution in [0.2, 0.25) is 5.02 Å². The number of fused-ring (bicyclic) bond motifs is 3. The Morgan fingerprint density at radius 1 is 1.25 bits per heavy atom. The van der Waals surface area contributed by atoms with E-state index in [1.54, 1.807) is 16.7 Å². The van der Waals surface area contributed by atoms with Crippen LogP contribution in [-0.4, -0.2) is 11.5 Å². The molecule has 0 bridgehead atoms. The largest absolute Gasteiger partial charge is 0.281 e. The highest BCUT2D eigenvalue weighted by Crippen LogP contribution is 2.34. The summed E-state index contributed by atoms with van der Waals surface area (Å²) < 4.78 is 1.68. The Morgan fingerprint density at radius 3 is 3.00 bits per heavy atom. The first-order valence-corrected chi connectivity index (χ1v) is 5.66. The summed E-state index contributed by atoms with van der Waals surface area (Å²) in [4.78, 5) is 4.37. The molecule has 0 aliphatic carbocycles. The van der Waals surface area contributed by atoms with Crippen LogP contribution in [0, 0.1) is 0 Å². The van der Waals surface area contributed by atoms with E-state index in [4.69, 9.17) is 23.4 Å². The van der Waals surface area contributed by atoms with Crippen molar-refractivity contribution in [2.24, 2.45) is 0 Å². The van der Waals surface area contributed by atoms with Crippen molar-refractivity contribution in [1.82, 2.24) is 4.98 Å². The van der Waals surface area contributed by atoms with Crippen molar-refractivity contribution in [2.45, 2.75) is 0 Å². The van der Waals surface area contributed by atoms with Crippen molar-refractivity contribution in [3.63, 3.8) is 0 Å². The summed E-state index contributed by atoms with van der Waals surface area (Å²) in [5.41, 5.74) is 2.90. The van der Waals surface area contributed by atoms with Gasteiger partial charge in [0, 0.05) is 28.9 Å². The van der Waals surface area contributed by atoms with Gasteiger partial charge in [-0.1, -0.05) is 23.8 Å². The fraction of sp³-hybridized carbons (Fsp3) is 0.0833. The van der Waals surface area contributed by atoms with Gasteiger partial charge in [-0.15, -0.1) is 0 Å². The van der Waals surface area contributed by atoms with Gasteiger partial charge in [-0.2, -0.15) is 0 Å². The number of halogens is 2. The highest BCUT2D eigenvalue weighted by atomic mass is 35.5. The summed E-state index contributed by atoms with van der Waals surface area (Å²) in [5.74, 6) is 0. The minimum Gasteiger partial charge on any atom is -0.281 e. The SMILES string of the molecule is Clc1ccnc2c3c(ccc12)N(Cl)CC=C3. The molecule has 2 aromatic rings. The second-order valence-corrected chi connectivity index (χ2v) is 4.45. The van der Waals surface area contributed by atoms with Crippen LogP contribution < -0.4 is 4.42 Å². The molecular weight excluding hydrogens is 243 g/mol. The number of hydrogen-bond donors (Lipinski definition) is 0. The lowest BCUT2D eigenvalue weighted by Gasteiger charge is -2.21. The molecule has 0 unspecified atom stereocenters. The molecule has 80 valence electrons. The molecule has 2 heterocycles. The first kappa shape index (κ1) is 9.94. The zero-order valence-corrected chi connectivity index (χ0v) is 9.83. The van der Waals surface area contributed by atoms with Crippen molar-refractivity contribution in [2.75, 3.05) is 11.0 Å². The molecule has 0 atom stereocenters. The maximum Gasteiger partial charge on any atom is 0.0810 e. The van der Waals surface area contributed by atoms with Crippen molar-refractivity contribution in [3.05, 3.63) is 41.1 Å². The van der Waals surface area contributed by atoms with Gasteiger partial charge < -0.3 is 0 Å². The summed E-state index contributed by atoms with van der Waals surface area (Å²) in [5, 5.41) is 1.67. The molecule has 0 fully saturated rings. The molecule has 3 rings (SSSR count). The fourth-order valence-electron chi connectivity index (χ4n) is 1.93. The molecule has 4 heteroatoms. The Labute approximate surface area is 103 Å². The number of nitrogens with zero attached hydrogens (tertiary/aromatic N) is 2. The molecule has 0 saturated heterocycles. The van der Waals surface area contributed by atoms with Crippen LogP contribution in [0.5, 0.6) is 0 Å². The fourth-order valence-corrected chi connectivity index (χ4v) is 2.37. The maximum atomic E-state index is 6.13. The number of hydrogen-bond acceptors (Lipinski definition) is 2. The van der Waals surface area contributed by atoms with E-state index >= 15 is 0 Å². The van der Waals surface area contributed by atoms with E-state index in [9.17, 15) is 0 Å². The van der Waals surface area contributed by atoms with E-state index in [0.29, 0.717) is 11.6 Å². The average molecular weight is 251 g/mol. The van der Waals surface area contributed by atoms with Crippen LogP contribution in [0.25, 0.3) is 17.0 Å². The predicted molar refractivity (Wildman–Crippen MR) is 69.0 cm³/mol. The molecule has 1 aliphatic heterocycles. The Hall–Kier alpha value is -1.25. The van der Waals surface area contributed by atoms with E-state index in [1.165, 1.54) is 0 Å². The van der Waals surface area contributed by atoms with Crippen molar-refractivity contribution in [1.29, 1.82) is 0 Å². The van der Waals surface area contributed by atoms with Crippen LogP contribution in [-0.2, 0) is 0 Å². The number of pyridine rings is 1. The molecule has 0 radical (unpaired) electrons. The Morgan fingerprint density at radius 2 is 2.12 bits per heavy atom. The Balaban J connectivity index is 2.41. The molecule has 1 aromatic heterocycles. The smallest absolute Gasteiger partial charge is 0.0810 e. The molecule has 1 aliphatic rings. The summed E-state index contributed by atoms with van der Waals surface area (Å²) in [7, 11) is 0. The lowest BCUT2D eigenvalue weighted by Crippen LogP contribution is -2.14. The monoisotopic (exact) mass is 250 g/mol. The zero-order valence-electron chi connectivity index (χ0n) is 8.32. The lowest BCUT2D eigenvalue weighted by atomic mass is 10.0. The van der Waals surface area contributed by atoms with Gasteiger partial charge in [0.2, 0.25) is 0 Å². The van der Waals surface area contributed by atoms with Gasteiger partial charge in [-0.3, -0.25) is 9.40 Å². The predicted octanol–water partition coefficient (Wildman–Crippen LogP) is 3.88. The third-order valence-electron chi connectivity index (χ3n) is 2.69. The van der Waals surface area contributed by atoms with Gasteiger partial charge in [0.25, 0.3) is 0 Å². The first-order chi connectivity index (χ1) is 7.77.